The van der Waals surface area contributed by atoms with E-state index in [2.05, 4.69) is 21.2 Å². The van der Waals surface area contributed by atoms with Gasteiger partial charge in [0.2, 0.25) is 5.91 Å². The van der Waals surface area contributed by atoms with E-state index < -0.39 is 10.0 Å². The molecule has 3 aromatic rings. The van der Waals surface area contributed by atoms with Crippen molar-refractivity contribution in [2.75, 3.05) is 10.8 Å². The first kappa shape index (κ1) is 22.1. The van der Waals surface area contributed by atoms with Crippen molar-refractivity contribution in [3.63, 3.8) is 0 Å². The van der Waals surface area contributed by atoms with Crippen LogP contribution in [0.2, 0.25) is 0 Å². The van der Waals surface area contributed by atoms with Crippen molar-refractivity contribution < 1.29 is 13.2 Å². The van der Waals surface area contributed by atoms with Crippen molar-refractivity contribution in [2.24, 2.45) is 0 Å². The van der Waals surface area contributed by atoms with Gasteiger partial charge in [0.25, 0.3) is 10.0 Å². The van der Waals surface area contributed by atoms with Crippen LogP contribution in [-0.2, 0) is 21.4 Å². The molecular formula is C23H23BrN2O3S. The average molecular weight is 487 g/mol. The summed E-state index contributed by atoms with van der Waals surface area (Å²) in [5.74, 6) is -0.382. The summed E-state index contributed by atoms with van der Waals surface area (Å²) in [5, 5.41) is 2.82. The second kappa shape index (κ2) is 9.45. The Bertz CT molecular complexity index is 1150. The number of carbonyl (C=O) groups is 1. The summed E-state index contributed by atoms with van der Waals surface area (Å²) < 4.78 is 28.5. The summed E-state index contributed by atoms with van der Waals surface area (Å²) in [6, 6.07) is 21.3. The Morgan fingerprint density at radius 1 is 0.933 bits per heavy atom. The molecule has 0 heterocycles. The van der Waals surface area contributed by atoms with E-state index in [4.69, 9.17) is 0 Å². The molecule has 0 bridgehead atoms. The third-order valence-corrected chi connectivity index (χ3v) is 6.85. The molecule has 0 aliphatic heterocycles. The molecule has 156 valence electrons. The van der Waals surface area contributed by atoms with Gasteiger partial charge >= 0.3 is 0 Å². The Balaban J connectivity index is 1.86. The molecule has 1 amide bonds. The zero-order chi connectivity index (χ0) is 21.7. The van der Waals surface area contributed by atoms with Gasteiger partial charge < -0.3 is 5.32 Å². The molecule has 3 rings (SSSR count). The van der Waals surface area contributed by atoms with Gasteiger partial charge in [-0.3, -0.25) is 9.10 Å². The molecule has 0 unspecified atom stereocenters. The maximum atomic E-state index is 13.3. The normalized spacial score (nSPS) is 11.2. The van der Waals surface area contributed by atoms with E-state index >= 15 is 0 Å². The fourth-order valence-corrected chi connectivity index (χ4v) is 4.79. The smallest absolute Gasteiger partial charge is 0.264 e. The van der Waals surface area contributed by atoms with Crippen LogP contribution in [-0.4, -0.2) is 20.9 Å². The first-order valence-corrected chi connectivity index (χ1v) is 11.7. The SMILES string of the molecule is Cc1ccc(S(=O)(=O)N(CC(=O)NCc2cccc(C)c2)c2cccc(Br)c2)cc1. The van der Waals surface area contributed by atoms with Gasteiger partial charge in [0.05, 0.1) is 10.6 Å². The number of carbonyl (C=O) groups excluding carboxylic acids is 1. The van der Waals surface area contributed by atoms with Gasteiger partial charge in [-0.15, -0.1) is 0 Å². The van der Waals surface area contributed by atoms with Crippen molar-refractivity contribution in [3.8, 4) is 0 Å². The molecular weight excluding hydrogens is 464 g/mol. The Labute approximate surface area is 185 Å². The van der Waals surface area contributed by atoms with E-state index in [1.807, 2.05) is 38.1 Å². The van der Waals surface area contributed by atoms with Gasteiger partial charge in [-0.2, -0.15) is 0 Å². The van der Waals surface area contributed by atoms with Crippen LogP contribution in [0.4, 0.5) is 5.69 Å². The van der Waals surface area contributed by atoms with Crippen LogP contribution in [0.5, 0.6) is 0 Å². The summed E-state index contributed by atoms with van der Waals surface area (Å²) in [6.45, 7) is 3.88. The monoisotopic (exact) mass is 486 g/mol. The Morgan fingerprint density at radius 2 is 1.63 bits per heavy atom. The van der Waals surface area contributed by atoms with E-state index in [0.717, 1.165) is 25.5 Å². The Kier molecular flexibility index (Phi) is 6.95. The van der Waals surface area contributed by atoms with E-state index in [1.54, 1.807) is 48.5 Å². The largest absolute Gasteiger partial charge is 0.350 e. The average Bonchev–Trinajstić information content (AvgIpc) is 2.71. The molecule has 3 aromatic carbocycles. The zero-order valence-corrected chi connectivity index (χ0v) is 19.2. The fraction of sp³-hybridized carbons (Fsp3) is 0.174. The maximum absolute atomic E-state index is 13.3. The van der Waals surface area contributed by atoms with E-state index in [-0.39, 0.29) is 17.3 Å². The number of sulfonamides is 1. The highest BCUT2D eigenvalue weighted by molar-refractivity contribution is 9.10. The predicted molar refractivity (Wildman–Crippen MR) is 123 cm³/mol. The molecule has 5 nitrogen and oxygen atoms in total. The standard InChI is InChI=1S/C23H23BrN2O3S/c1-17-9-11-22(12-10-17)30(28,29)26(21-8-4-7-20(24)14-21)16-23(27)25-15-19-6-3-5-18(2)13-19/h3-14H,15-16H2,1-2H3,(H,25,27). The van der Waals surface area contributed by atoms with E-state index in [9.17, 15) is 13.2 Å². The lowest BCUT2D eigenvalue weighted by Crippen LogP contribution is -2.40. The summed E-state index contributed by atoms with van der Waals surface area (Å²) in [6.07, 6.45) is 0. The summed E-state index contributed by atoms with van der Waals surface area (Å²) in [5.41, 5.74) is 3.42. The lowest BCUT2D eigenvalue weighted by molar-refractivity contribution is -0.119. The number of hydrogen-bond donors (Lipinski definition) is 1. The van der Waals surface area contributed by atoms with Crippen molar-refractivity contribution in [3.05, 3.63) is 94.0 Å². The lowest BCUT2D eigenvalue weighted by Gasteiger charge is -2.24. The molecule has 0 saturated heterocycles. The fourth-order valence-electron chi connectivity index (χ4n) is 2.99. The molecule has 0 atom stereocenters. The quantitative estimate of drug-likeness (QED) is 0.531. The third kappa shape index (κ3) is 5.49. The number of nitrogens with zero attached hydrogens (tertiary/aromatic N) is 1. The first-order chi connectivity index (χ1) is 14.3. The van der Waals surface area contributed by atoms with Crippen molar-refractivity contribution in [1.82, 2.24) is 5.32 Å². The second-order valence-corrected chi connectivity index (χ2v) is 9.85. The van der Waals surface area contributed by atoms with Gasteiger partial charge in [0.1, 0.15) is 6.54 Å². The number of benzene rings is 3. The molecule has 0 fully saturated rings. The maximum Gasteiger partial charge on any atom is 0.264 e. The highest BCUT2D eigenvalue weighted by Crippen LogP contribution is 2.26. The number of anilines is 1. The molecule has 0 aliphatic carbocycles. The summed E-state index contributed by atoms with van der Waals surface area (Å²) in [7, 11) is -3.92. The number of hydrogen-bond acceptors (Lipinski definition) is 3. The molecule has 0 aliphatic rings. The zero-order valence-electron chi connectivity index (χ0n) is 16.8. The van der Waals surface area contributed by atoms with Gasteiger partial charge in [0.15, 0.2) is 0 Å². The van der Waals surface area contributed by atoms with Crippen LogP contribution >= 0.6 is 15.9 Å². The molecule has 0 spiro atoms. The van der Waals surface area contributed by atoms with E-state index in [0.29, 0.717) is 12.2 Å². The van der Waals surface area contributed by atoms with Crippen LogP contribution in [0.3, 0.4) is 0 Å². The molecule has 7 heteroatoms. The highest BCUT2D eigenvalue weighted by Gasteiger charge is 2.27. The Morgan fingerprint density at radius 3 is 2.30 bits per heavy atom. The first-order valence-electron chi connectivity index (χ1n) is 9.43. The van der Waals surface area contributed by atoms with Crippen LogP contribution in [0.15, 0.2) is 82.2 Å². The minimum Gasteiger partial charge on any atom is -0.350 e. The molecule has 0 radical (unpaired) electrons. The highest BCUT2D eigenvalue weighted by atomic mass is 79.9. The van der Waals surface area contributed by atoms with E-state index in [1.165, 1.54) is 0 Å². The van der Waals surface area contributed by atoms with Crippen molar-refractivity contribution >= 4 is 37.5 Å². The number of aryl methyl sites for hydroxylation is 2. The van der Waals surface area contributed by atoms with Crippen LogP contribution in [0.25, 0.3) is 0 Å². The predicted octanol–water partition coefficient (Wildman–Crippen LogP) is 4.58. The summed E-state index contributed by atoms with van der Waals surface area (Å²) in [4.78, 5) is 12.8. The number of nitrogens with one attached hydrogen (secondary N) is 1. The number of amides is 1. The van der Waals surface area contributed by atoms with Gasteiger partial charge in [-0.05, 0) is 49.7 Å². The molecule has 0 saturated carbocycles. The number of halogens is 1. The molecule has 0 aromatic heterocycles. The number of rotatable bonds is 7. The topological polar surface area (TPSA) is 66.5 Å². The van der Waals surface area contributed by atoms with Crippen LogP contribution in [0, 0.1) is 13.8 Å². The van der Waals surface area contributed by atoms with Gasteiger partial charge in [-0.25, -0.2) is 8.42 Å². The van der Waals surface area contributed by atoms with Crippen LogP contribution in [0.1, 0.15) is 16.7 Å². The molecule has 1 N–H and O–H groups in total. The van der Waals surface area contributed by atoms with Crippen molar-refractivity contribution in [1.29, 1.82) is 0 Å². The third-order valence-electron chi connectivity index (χ3n) is 4.56. The minimum absolute atomic E-state index is 0.138. The van der Waals surface area contributed by atoms with Crippen LogP contribution < -0.4 is 9.62 Å². The van der Waals surface area contributed by atoms with Crippen molar-refractivity contribution in [2.45, 2.75) is 25.3 Å². The lowest BCUT2D eigenvalue weighted by atomic mass is 10.1. The molecule has 30 heavy (non-hydrogen) atoms. The Hall–Kier alpha value is -2.64. The summed E-state index contributed by atoms with van der Waals surface area (Å²) >= 11 is 3.38. The van der Waals surface area contributed by atoms with Gasteiger partial charge in [-0.1, -0.05) is 69.5 Å². The van der Waals surface area contributed by atoms with Gasteiger partial charge in [0, 0.05) is 11.0 Å². The second-order valence-electron chi connectivity index (χ2n) is 7.07. The minimum atomic E-state index is -3.92.